The molecule has 4 heteroatoms. The maximum absolute atomic E-state index is 6.66. The van der Waals surface area contributed by atoms with Gasteiger partial charge in [0.05, 0.1) is 16.7 Å². The smallest absolute Gasteiger partial charge is 0.138 e. The molecule has 4 nitrogen and oxygen atoms in total. The molecule has 0 aliphatic heterocycles. The highest BCUT2D eigenvalue weighted by atomic mass is 16.3. The number of furan rings is 3. The van der Waals surface area contributed by atoms with E-state index in [1.165, 1.54) is 21.9 Å². The van der Waals surface area contributed by atoms with Gasteiger partial charge in [0.2, 0.25) is 0 Å². The molecule has 0 N–H and O–H groups in total. The number of benzene rings is 9. The van der Waals surface area contributed by atoms with Crippen molar-refractivity contribution in [3.8, 4) is 39.1 Å². The van der Waals surface area contributed by atoms with Gasteiger partial charge in [0.15, 0.2) is 0 Å². The van der Waals surface area contributed by atoms with Crippen LogP contribution >= 0.6 is 0 Å². The van der Waals surface area contributed by atoms with Crippen LogP contribution in [0.1, 0.15) is 0 Å². The Morgan fingerprint density at radius 1 is 0.276 bits per heavy atom. The van der Waals surface area contributed by atoms with Crippen LogP contribution < -0.4 is 0 Å². The minimum atomic E-state index is 0.842. The van der Waals surface area contributed by atoms with E-state index in [1.54, 1.807) is 0 Å². The molecule has 0 atom stereocenters. The molecule has 0 fully saturated rings. The first kappa shape index (κ1) is 31.4. The molecule has 0 saturated heterocycles. The Balaban J connectivity index is 1.01. The van der Waals surface area contributed by atoms with Crippen molar-refractivity contribution >= 4 is 87.6 Å². The largest absolute Gasteiger partial charge is 0.456 e. The van der Waals surface area contributed by atoms with Gasteiger partial charge in [0, 0.05) is 49.2 Å². The third-order valence-electron chi connectivity index (χ3n) is 12.0. The first-order chi connectivity index (χ1) is 28.7. The predicted octanol–water partition coefficient (Wildman–Crippen LogP) is 15.5. The lowest BCUT2D eigenvalue weighted by atomic mass is 9.97. The third-order valence-corrected chi connectivity index (χ3v) is 12.0. The third kappa shape index (κ3) is 4.57. The van der Waals surface area contributed by atoms with Crippen molar-refractivity contribution in [2.75, 3.05) is 0 Å². The lowest BCUT2D eigenvalue weighted by molar-refractivity contribution is 0.668. The van der Waals surface area contributed by atoms with E-state index < -0.39 is 0 Å². The number of hydrogen-bond donors (Lipinski definition) is 0. The van der Waals surface area contributed by atoms with Gasteiger partial charge in [-0.25, -0.2) is 0 Å². The monoisotopic (exact) mass is 741 g/mol. The van der Waals surface area contributed by atoms with Crippen molar-refractivity contribution in [1.82, 2.24) is 4.57 Å². The van der Waals surface area contributed by atoms with E-state index in [9.17, 15) is 0 Å². The Bertz CT molecular complexity index is 3800. The molecule has 4 aromatic heterocycles. The maximum atomic E-state index is 6.66. The molecule has 0 amide bonds. The normalized spacial score (nSPS) is 12.1. The van der Waals surface area contributed by atoms with E-state index >= 15 is 0 Å². The van der Waals surface area contributed by atoms with Crippen LogP contribution in [0.15, 0.2) is 201 Å². The number of nitrogens with zero attached hydrogens (tertiary/aromatic N) is 1. The second kappa shape index (κ2) is 11.8. The standard InChI is InChI=1S/C54H31NO3/c1-2-10-32(11-3-1)33-20-24-51-45(27-33)40-22-18-36(29-52(40)57-51)42-30-37(31-53-54(42)41-14-6-9-17-49(41)58-53)55-46-15-7-4-12-38(46)43-26-34(19-23-47(43)55)35-21-25-50-44(28-35)39-13-5-8-16-48(39)56-50/h1-31H. The molecule has 0 aliphatic rings. The van der Waals surface area contributed by atoms with Gasteiger partial charge in [-0.3, -0.25) is 0 Å². The molecule has 0 aliphatic carbocycles. The van der Waals surface area contributed by atoms with Crippen molar-refractivity contribution in [1.29, 1.82) is 0 Å². The van der Waals surface area contributed by atoms with Crippen LogP contribution in [0.4, 0.5) is 0 Å². The predicted molar refractivity (Wildman–Crippen MR) is 239 cm³/mol. The number of fused-ring (bicyclic) bond motifs is 12. The average Bonchev–Trinajstić information content (AvgIpc) is 4.04. The highest BCUT2D eigenvalue weighted by Gasteiger charge is 2.20. The lowest BCUT2D eigenvalue weighted by Gasteiger charge is -2.12. The van der Waals surface area contributed by atoms with Crippen LogP contribution in [-0.2, 0) is 0 Å². The van der Waals surface area contributed by atoms with Gasteiger partial charge in [-0.15, -0.1) is 0 Å². The highest BCUT2D eigenvalue weighted by molar-refractivity contribution is 6.16. The summed E-state index contributed by atoms with van der Waals surface area (Å²) in [4.78, 5) is 0. The summed E-state index contributed by atoms with van der Waals surface area (Å²) >= 11 is 0. The summed E-state index contributed by atoms with van der Waals surface area (Å²) in [5.41, 5.74) is 15.4. The van der Waals surface area contributed by atoms with Gasteiger partial charge in [0.25, 0.3) is 0 Å². The first-order valence-corrected chi connectivity index (χ1v) is 19.6. The van der Waals surface area contributed by atoms with Gasteiger partial charge in [0.1, 0.15) is 33.5 Å². The Morgan fingerprint density at radius 2 is 0.810 bits per heavy atom. The number of para-hydroxylation sites is 3. The lowest BCUT2D eigenvalue weighted by Crippen LogP contribution is -1.95. The molecule has 13 rings (SSSR count). The van der Waals surface area contributed by atoms with Gasteiger partial charge >= 0.3 is 0 Å². The fraction of sp³-hybridized carbons (Fsp3) is 0. The molecule has 0 saturated carbocycles. The van der Waals surface area contributed by atoms with E-state index in [0.717, 1.165) is 105 Å². The Hall–Kier alpha value is -7.82. The van der Waals surface area contributed by atoms with E-state index in [2.05, 4.69) is 174 Å². The van der Waals surface area contributed by atoms with Gasteiger partial charge in [-0.1, -0.05) is 109 Å². The second-order valence-electron chi connectivity index (χ2n) is 15.2. The zero-order valence-electron chi connectivity index (χ0n) is 31.1. The average molecular weight is 742 g/mol. The van der Waals surface area contributed by atoms with Crippen LogP contribution in [0.25, 0.3) is 127 Å². The fourth-order valence-electron chi connectivity index (χ4n) is 9.29. The Labute approximate surface area is 331 Å². The molecule has 4 heterocycles. The number of hydrogen-bond acceptors (Lipinski definition) is 3. The van der Waals surface area contributed by atoms with Crippen molar-refractivity contribution in [3.05, 3.63) is 188 Å². The van der Waals surface area contributed by atoms with Crippen molar-refractivity contribution < 1.29 is 13.3 Å². The molecule has 0 unspecified atom stereocenters. The Kier molecular flexibility index (Phi) is 6.41. The summed E-state index contributed by atoms with van der Waals surface area (Å²) < 4.78 is 21.7. The molecule has 0 bridgehead atoms. The molecule has 9 aromatic carbocycles. The van der Waals surface area contributed by atoms with Crippen LogP contribution in [0, 0.1) is 0 Å². The van der Waals surface area contributed by atoms with E-state index in [0.29, 0.717) is 0 Å². The highest BCUT2D eigenvalue weighted by Crippen LogP contribution is 2.43. The molecule has 270 valence electrons. The molecule has 0 spiro atoms. The maximum Gasteiger partial charge on any atom is 0.138 e. The molecular weight excluding hydrogens is 711 g/mol. The topological polar surface area (TPSA) is 44.4 Å². The zero-order chi connectivity index (χ0) is 37.9. The van der Waals surface area contributed by atoms with Crippen LogP contribution in [-0.4, -0.2) is 4.57 Å². The summed E-state index contributed by atoms with van der Waals surface area (Å²) in [6, 6.07) is 66.7. The number of aromatic nitrogens is 1. The minimum Gasteiger partial charge on any atom is -0.456 e. The van der Waals surface area contributed by atoms with E-state index in [1.807, 2.05) is 18.2 Å². The van der Waals surface area contributed by atoms with Crippen LogP contribution in [0.2, 0.25) is 0 Å². The first-order valence-electron chi connectivity index (χ1n) is 19.6. The number of rotatable bonds is 4. The van der Waals surface area contributed by atoms with Crippen LogP contribution in [0.5, 0.6) is 0 Å². The van der Waals surface area contributed by atoms with E-state index in [-0.39, 0.29) is 0 Å². The summed E-state index contributed by atoms with van der Waals surface area (Å²) in [5.74, 6) is 0. The molecule has 0 radical (unpaired) electrons. The van der Waals surface area contributed by atoms with Crippen molar-refractivity contribution in [3.63, 3.8) is 0 Å². The quantitative estimate of drug-likeness (QED) is 0.180. The molecule has 58 heavy (non-hydrogen) atoms. The van der Waals surface area contributed by atoms with Gasteiger partial charge in [-0.05, 0) is 106 Å². The van der Waals surface area contributed by atoms with E-state index in [4.69, 9.17) is 13.3 Å². The summed E-state index contributed by atoms with van der Waals surface area (Å²) in [5, 5.41) is 9.02. The van der Waals surface area contributed by atoms with Gasteiger partial charge in [-0.2, -0.15) is 0 Å². The second-order valence-corrected chi connectivity index (χ2v) is 15.2. The van der Waals surface area contributed by atoms with Crippen LogP contribution in [0.3, 0.4) is 0 Å². The minimum absolute atomic E-state index is 0.842. The summed E-state index contributed by atoms with van der Waals surface area (Å²) in [6.07, 6.45) is 0. The van der Waals surface area contributed by atoms with Crippen molar-refractivity contribution in [2.24, 2.45) is 0 Å². The zero-order valence-corrected chi connectivity index (χ0v) is 31.1. The molecular formula is C54H31NO3. The SMILES string of the molecule is c1ccc(-c2ccc3oc4cc(-c5cc(-n6c7ccccc7c7cc(-c8ccc9oc%10ccccc%10c9c8)ccc76)cc6oc7ccccc7c56)ccc4c3c2)cc1. The summed E-state index contributed by atoms with van der Waals surface area (Å²) in [7, 11) is 0. The summed E-state index contributed by atoms with van der Waals surface area (Å²) in [6.45, 7) is 0. The Morgan fingerprint density at radius 3 is 1.60 bits per heavy atom. The molecule has 13 aromatic rings. The van der Waals surface area contributed by atoms with Crippen molar-refractivity contribution in [2.45, 2.75) is 0 Å². The fourth-order valence-corrected chi connectivity index (χ4v) is 9.29. The van der Waals surface area contributed by atoms with Gasteiger partial charge < -0.3 is 17.8 Å².